The van der Waals surface area contributed by atoms with Crippen molar-refractivity contribution in [3.05, 3.63) is 53.4 Å². The fraction of sp³-hybridized carbons (Fsp3) is 0.364. The second-order valence-electron chi connectivity index (χ2n) is 7.53. The zero-order chi connectivity index (χ0) is 21.5. The number of aromatic nitrogens is 1. The van der Waals surface area contributed by atoms with Gasteiger partial charge in [-0.15, -0.1) is 0 Å². The molecule has 0 saturated heterocycles. The van der Waals surface area contributed by atoms with Gasteiger partial charge in [0.15, 0.2) is 11.5 Å². The second kappa shape index (κ2) is 7.85. The number of nitrogens with zero attached hydrogens (tertiary/aromatic N) is 2. The Morgan fingerprint density at radius 2 is 1.90 bits per heavy atom. The van der Waals surface area contributed by atoms with E-state index < -0.39 is 10.0 Å². The van der Waals surface area contributed by atoms with Gasteiger partial charge in [0.1, 0.15) is 5.52 Å². The quantitative estimate of drug-likeness (QED) is 0.607. The number of anilines is 1. The number of amides is 1. The molecule has 1 aliphatic carbocycles. The maximum absolute atomic E-state index is 12.9. The number of sulfonamides is 1. The van der Waals surface area contributed by atoms with Crippen molar-refractivity contribution >= 4 is 32.7 Å². The molecule has 1 aliphatic rings. The van der Waals surface area contributed by atoms with Gasteiger partial charge in [-0.25, -0.2) is 13.4 Å². The van der Waals surface area contributed by atoms with Gasteiger partial charge >= 0.3 is 0 Å². The van der Waals surface area contributed by atoms with E-state index in [0.717, 1.165) is 18.7 Å². The molecule has 8 heteroatoms. The molecule has 0 atom stereocenters. The summed E-state index contributed by atoms with van der Waals surface area (Å²) in [4.78, 5) is 17.5. The highest BCUT2D eigenvalue weighted by Gasteiger charge is 2.29. The van der Waals surface area contributed by atoms with Crippen LogP contribution in [0, 0.1) is 6.92 Å². The number of hydrogen-bond donors (Lipinski definition) is 1. The molecule has 2 aromatic carbocycles. The molecule has 1 aromatic heterocycles. The van der Waals surface area contributed by atoms with Crippen LogP contribution in [-0.4, -0.2) is 36.7 Å². The van der Waals surface area contributed by atoms with Gasteiger partial charge in [0.05, 0.1) is 4.90 Å². The molecule has 0 unspecified atom stereocenters. The minimum Gasteiger partial charge on any atom is -0.440 e. The first-order valence-corrected chi connectivity index (χ1v) is 11.6. The molecule has 0 spiro atoms. The zero-order valence-corrected chi connectivity index (χ0v) is 18.1. The van der Waals surface area contributed by atoms with Crippen LogP contribution in [0.15, 0.2) is 45.7 Å². The van der Waals surface area contributed by atoms with Crippen LogP contribution in [0.1, 0.15) is 54.4 Å². The molecule has 158 valence electrons. The van der Waals surface area contributed by atoms with Crippen molar-refractivity contribution in [2.45, 2.75) is 44.4 Å². The van der Waals surface area contributed by atoms with Gasteiger partial charge in [-0.1, -0.05) is 19.9 Å². The summed E-state index contributed by atoms with van der Waals surface area (Å²) < 4.78 is 33.0. The predicted molar refractivity (Wildman–Crippen MR) is 115 cm³/mol. The van der Waals surface area contributed by atoms with E-state index in [0.29, 0.717) is 41.4 Å². The molecular weight excluding hydrogens is 402 g/mol. The van der Waals surface area contributed by atoms with E-state index in [-0.39, 0.29) is 16.4 Å². The molecule has 0 bridgehead atoms. The number of carbonyl (C=O) groups is 1. The maximum Gasteiger partial charge on any atom is 0.255 e. The molecule has 3 aromatic rings. The molecular formula is C22H25N3O4S. The molecule has 1 saturated carbocycles. The van der Waals surface area contributed by atoms with E-state index in [1.165, 1.54) is 10.4 Å². The third kappa shape index (κ3) is 3.85. The van der Waals surface area contributed by atoms with Gasteiger partial charge < -0.3 is 9.73 Å². The third-order valence-electron chi connectivity index (χ3n) is 5.36. The second-order valence-corrected chi connectivity index (χ2v) is 9.44. The van der Waals surface area contributed by atoms with Gasteiger partial charge in [-0.2, -0.15) is 4.31 Å². The highest BCUT2D eigenvalue weighted by atomic mass is 32.2. The van der Waals surface area contributed by atoms with Crippen LogP contribution in [-0.2, 0) is 10.0 Å². The van der Waals surface area contributed by atoms with Gasteiger partial charge in [-0.05, 0) is 55.7 Å². The molecule has 1 amide bonds. The molecule has 0 aliphatic heterocycles. The number of fused-ring (bicyclic) bond motifs is 1. The van der Waals surface area contributed by atoms with Crippen molar-refractivity contribution in [3.63, 3.8) is 0 Å². The highest BCUT2D eigenvalue weighted by Crippen LogP contribution is 2.40. The fourth-order valence-electron chi connectivity index (χ4n) is 3.45. The molecule has 0 radical (unpaired) electrons. The predicted octanol–water partition coefficient (Wildman–Crippen LogP) is 4.30. The maximum atomic E-state index is 12.9. The standard InChI is InChI=1S/C22H25N3O4S/c1-4-25(5-2)30(27,28)20-12-16(7-6-14(20)3)21(26)23-17-10-11-19-18(13-17)24-22(29-19)15-8-9-15/h6-7,10-13,15H,4-5,8-9H2,1-3H3,(H,23,26). The van der Waals surface area contributed by atoms with Crippen molar-refractivity contribution in [1.29, 1.82) is 0 Å². The lowest BCUT2D eigenvalue weighted by molar-refractivity contribution is 0.102. The first-order chi connectivity index (χ1) is 14.3. The molecule has 30 heavy (non-hydrogen) atoms. The first-order valence-electron chi connectivity index (χ1n) is 10.2. The van der Waals surface area contributed by atoms with Gasteiger partial charge in [0.2, 0.25) is 10.0 Å². The zero-order valence-electron chi connectivity index (χ0n) is 17.3. The van der Waals surface area contributed by atoms with Crippen molar-refractivity contribution in [1.82, 2.24) is 9.29 Å². The van der Waals surface area contributed by atoms with Crippen LogP contribution in [0.25, 0.3) is 11.1 Å². The molecule has 7 nitrogen and oxygen atoms in total. The lowest BCUT2D eigenvalue weighted by Crippen LogP contribution is -2.31. The molecule has 4 rings (SSSR count). The topological polar surface area (TPSA) is 92.5 Å². The van der Waals surface area contributed by atoms with E-state index in [1.54, 1.807) is 51.1 Å². The summed E-state index contributed by atoms with van der Waals surface area (Å²) in [5.41, 5.74) is 2.86. The van der Waals surface area contributed by atoms with E-state index in [1.807, 2.05) is 0 Å². The first kappa shape index (κ1) is 20.6. The monoisotopic (exact) mass is 427 g/mol. The van der Waals surface area contributed by atoms with Crippen LogP contribution in [0.2, 0.25) is 0 Å². The lowest BCUT2D eigenvalue weighted by Gasteiger charge is -2.20. The lowest BCUT2D eigenvalue weighted by atomic mass is 10.1. The number of benzene rings is 2. The van der Waals surface area contributed by atoms with Crippen LogP contribution in [0.4, 0.5) is 5.69 Å². The summed E-state index contributed by atoms with van der Waals surface area (Å²) in [7, 11) is -3.66. The Morgan fingerprint density at radius 1 is 1.17 bits per heavy atom. The average Bonchev–Trinajstić information content (AvgIpc) is 3.48. The summed E-state index contributed by atoms with van der Waals surface area (Å²) in [5, 5.41) is 2.83. The number of aryl methyl sites for hydroxylation is 1. The van der Waals surface area contributed by atoms with E-state index in [9.17, 15) is 13.2 Å². The Bertz CT molecular complexity index is 1210. The molecule has 1 fully saturated rings. The van der Waals surface area contributed by atoms with E-state index in [2.05, 4.69) is 10.3 Å². The van der Waals surface area contributed by atoms with E-state index in [4.69, 9.17) is 4.42 Å². The van der Waals surface area contributed by atoms with Crippen LogP contribution in [0.5, 0.6) is 0 Å². The van der Waals surface area contributed by atoms with E-state index >= 15 is 0 Å². The summed E-state index contributed by atoms with van der Waals surface area (Å²) in [6, 6.07) is 10.0. The Hall–Kier alpha value is -2.71. The van der Waals surface area contributed by atoms with Gasteiger partial charge in [0, 0.05) is 30.3 Å². The number of carbonyl (C=O) groups excluding carboxylic acids is 1. The largest absolute Gasteiger partial charge is 0.440 e. The highest BCUT2D eigenvalue weighted by molar-refractivity contribution is 7.89. The minimum atomic E-state index is -3.66. The van der Waals surface area contributed by atoms with Crippen LogP contribution in [0.3, 0.4) is 0 Å². The number of nitrogens with one attached hydrogen (secondary N) is 1. The number of hydrogen-bond acceptors (Lipinski definition) is 5. The summed E-state index contributed by atoms with van der Waals surface area (Å²) in [6.07, 6.45) is 2.20. The summed E-state index contributed by atoms with van der Waals surface area (Å²) >= 11 is 0. The SMILES string of the molecule is CCN(CC)S(=O)(=O)c1cc(C(=O)Nc2ccc3oc(C4CC4)nc3c2)ccc1C. The average molecular weight is 428 g/mol. The third-order valence-corrected chi connectivity index (χ3v) is 7.55. The van der Waals surface area contributed by atoms with Gasteiger partial charge in [0.25, 0.3) is 5.91 Å². The normalized spacial score (nSPS) is 14.4. The molecule has 1 heterocycles. The number of rotatable bonds is 7. The van der Waals surface area contributed by atoms with Gasteiger partial charge in [-0.3, -0.25) is 4.79 Å². The Kier molecular flexibility index (Phi) is 5.38. The van der Waals surface area contributed by atoms with Crippen molar-refractivity contribution in [2.24, 2.45) is 0 Å². The fourth-order valence-corrected chi connectivity index (χ4v) is 5.16. The Morgan fingerprint density at radius 3 is 2.57 bits per heavy atom. The molecule has 1 N–H and O–H groups in total. The summed E-state index contributed by atoms with van der Waals surface area (Å²) in [6.45, 7) is 6.06. The van der Waals surface area contributed by atoms with Crippen LogP contribution < -0.4 is 5.32 Å². The minimum absolute atomic E-state index is 0.153. The van der Waals surface area contributed by atoms with Crippen molar-refractivity contribution < 1.29 is 17.6 Å². The Labute approximate surface area is 176 Å². The number of oxazole rings is 1. The van der Waals surface area contributed by atoms with Crippen LogP contribution >= 0.6 is 0 Å². The summed E-state index contributed by atoms with van der Waals surface area (Å²) in [5.74, 6) is 0.781. The van der Waals surface area contributed by atoms with Crippen molar-refractivity contribution in [2.75, 3.05) is 18.4 Å². The smallest absolute Gasteiger partial charge is 0.255 e. The van der Waals surface area contributed by atoms with Crippen molar-refractivity contribution in [3.8, 4) is 0 Å². The Balaban J connectivity index is 1.60.